The lowest BCUT2D eigenvalue weighted by molar-refractivity contribution is 0.0871. The van der Waals surface area contributed by atoms with E-state index in [-0.39, 0.29) is 18.4 Å². The monoisotopic (exact) mass is 299 g/mol. The molecule has 4 heteroatoms. The lowest BCUT2D eigenvalue weighted by atomic mass is 10.1. The van der Waals surface area contributed by atoms with Gasteiger partial charge in [0.05, 0.1) is 6.10 Å². The van der Waals surface area contributed by atoms with E-state index < -0.39 is 6.10 Å². The van der Waals surface area contributed by atoms with Crippen molar-refractivity contribution in [2.75, 3.05) is 6.54 Å². The molecule has 3 nitrogen and oxygen atoms in total. The van der Waals surface area contributed by atoms with Gasteiger partial charge in [-0.25, -0.2) is 0 Å². The number of nitrogens with one attached hydrogen (secondary N) is 1. The van der Waals surface area contributed by atoms with Gasteiger partial charge in [0.2, 0.25) is 0 Å². The van der Waals surface area contributed by atoms with Gasteiger partial charge < -0.3 is 10.4 Å². The predicted octanol–water partition coefficient (Wildman–Crippen LogP) is 2.50. The molecule has 0 spiro atoms. The summed E-state index contributed by atoms with van der Waals surface area (Å²) in [4.78, 5) is 11.9. The first-order chi connectivity index (χ1) is 7.93. The number of rotatable bonds is 4. The average Bonchev–Trinajstić information content (AvgIpc) is 2.29. The van der Waals surface area contributed by atoms with Crippen LogP contribution in [0.15, 0.2) is 22.7 Å². The molecule has 0 saturated carbocycles. The standard InChI is InChI=1S/C13H18BrNO2/c1-8(2)12(16)7-15-13(17)10-5-4-6-11(14)9(10)3/h4-6,8,12,16H,7H2,1-3H3,(H,15,17). The number of benzene rings is 1. The number of hydrogen-bond donors (Lipinski definition) is 2. The summed E-state index contributed by atoms with van der Waals surface area (Å²) in [6, 6.07) is 5.50. The minimum atomic E-state index is -0.508. The molecule has 94 valence electrons. The first-order valence-corrected chi connectivity index (χ1v) is 6.44. The van der Waals surface area contributed by atoms with Gasteiger partial charge in [-0.3, -0.25) is 4.79 Å². The van der Waals surface area contributed by atoms with Gasteiger partial charge in [0.1, 0.15) is 0 Å². The van der Waals surface area contributed by atoms with Crippen LogP contribution in [0.3, 0.4) is 0 Å². The zero-order valence-corrected chi connectivity index (χ0v) is 11.9. The summed E-state index contributed by atoms with van der Waals surface area (Å²) in [5, 5.41) is 12.4. The minimum absolute atomic E-state index is 0.138. The van der Waals surface area contributed by atoms with Crippen LogP contribution in [0.5, 0.6) is 0 Å². The topological polar surface area (TPSA) is 49.3 Å². The van der Waals surface area contributed by atoms with Crippen molar-refractivity contribution in [3.63, 3.8) is 0 Å². The zero-order chi connectivity index (χ0) is 13.0. The Morgan fingerprint density at radius 2 is 2.12 bits per heavy atom. The molecule has 0 aliphatic rings. The van der Waals surface area contributed by atoms with Crippen molar-refractivity contribution in [2.45, 2.75) is 26.9 Å². The molecule has 0 fully saturated rings. The maximum Gasteiger partial charge on any atom is 0.251 e. The van der Waals surface area contributed by atoms with Gasteiger partial charge in [0, 0.05) is 16.6 Å². The summed E-state index contributed by atoms with van der Waals surface area (Å²) in [5.41, 5.74) is 1.54. The van der Waals surface area contributed by atoms with Crippen molar-refractivity contribution < 1.29 is 9.90 Å². The van der Waals surface area contributed by atoms with Crippen LogP contribution in [-0.4, -0.2) is 23.7 Å². The quantitative estimate of drug-likeness (QED) is 0.897. The average molecular weight is 300 g/mol. The molecule has 1 aromatic carbocycles. The van der Waals surface area contributed by atoms with E-state index in [1.54, 1.807) is 6.07 Å². The van der Waals surface area contributed by atoms with Gasteiger partial charge >= 0.3 is 0 Å². The number of hydrogen-bond acceptors (Lipinski definition) is 2. The molecule has 0 aromatic heterocycles. The fourth-order valence-corrected chi connectivity index (χ4v) is 1.75. The molecule has 0 bridgehead atoms. The van der Waals surface area contributed by atoms with E-state index >= 15 is 0 Å². The van der Waals surface area contributed by atoms with Crippen molar-refractivity contribution in [2.24, 2.45) is 5.92 Å². The van der Waals surface area contributed by atoms with E-state index in [1.807, 2.05) is 32.9 Å². The highest BCUT2D eigenvalue weighted by Gasteiger charge is 2.13. The highest BCUT2D eigenvalue weighted by molar-refractivity contribution is 9.10. The fraction of sp³-hybridized carbons (Fsp3) is 0.462. The lowest BCUT2D eigenvalue weighted by Crippen LogP contribution is -2.35. The van der Waals surface area contributed by atoms with E-state index in [0.717, 1.165) is 10.0 Å². The van der Waals surface area contributed by atoms with Crippen LogP contribution in [0.4, 0.5) is 0 Å². The number of carbonyl (C=O) groups is 1. The van der Waals surface area contributed by atoms with Crippen LogP contribution in [-0.2, 0) is 0 Å². The number of aliphatic hydroxyl groups is 1. The van der Waals surface area contributed by atoms with Crippen LogP contribution in [0.2, 0.25) is 0 Å². The molecule has 1 unspecified atom stereocenters. The summed E-state index contributed by atoms with van der Waals surface area (Å²) in [6.45, 7) is 6.00. The predicted molar refractivity (Wildman–Crippen MR) is 72.1 cm³/mol. The second kappa shape index (κ2) is 6.17. The van der Waals surface area contributed by atoms with Crippen molar-refractivity contribution in [3.05, 3.63) is 33.8 Å². The first kappa shape index (κ1) is 14.2. The normalized spacial score (nSPS) is 12.6. The number of amides is 1. The van der Waals surface area contributed by atoms with E-state index in [4.69, 9.17) is 0 Å². The molecule has 2 N–H and O–H groups in total. The Morgan fingerprint density at radius 3 is 2.71 bits per heavy atom. The van der Waals surface area contributed by atoms with Gasteiger partial charge in [-0.05, 0) is 30.5 Å². The minimum Gasteiger partial charge on any atom is -0.391 e. The molecule has 0 radical (unpaired) electrons. The first-order valence-electron chi connectivity index (χ1n) is 5.65. The van der Waals surface area contributed by atoms with Crippen molar-refractivity contribution in [1.29, 1.82) is 0 Å². The molecule has 0 aliphatic carbocycles. The maximum absolute atomic E-state index is 11.9. The Hall–Kier alpha value is -0.870. The zero-order valence-electron chi connectivity index (χ0n) is 10.3. The molecule has 0 aliphatic heterocycles. The summed E-state index contributed by atoms with van der Waals surface area (Å²) in [5.74, 6) is -0.0117. The molecule has 17 heavy (non-hydrogen) atoms. The molecule has 1 amide bonds. The Bertz CT molecular complexity index is 404. The second-order valence-corrected chi connectivity index (χ2v) is 5.29. The third-order valence-electron chi connectivity index (χ3n) is 2.75. The van der Waals surface area contributed by atoms with Gasteiger partial charge in [0.15, 0.2) is 0 Å². The third kappa shape index (κ3) is 3.82. The van der Waals surface area contributed by atoms with Crippen LogP contribution in [0.1, 0.15) is 29.8 Å². The Morgan fingerprint density at radius 1 is 1.47 bits per heavy atom. The van der Waals surface area contributed by atoms with E-state index in [1.165, 1.54) is 0 Å². The van der Waals surface area contributed by atoms with Gasteiger partial charge in [0.25, 0.3) is 5.91 Å². The van der Waals surface area contributed by atoms with Gasteiger partial charge in [-0.2, -0.15) is 0 Å². The number of halogens is 1. The van der Waals surface area contributed by atoms with Crippen molar-refractivity contribution >= 4 is 21.8 Å². The van der Waals surface area contributed by atoms with E-state index in [9.17, 15) is 9.90 Å². The highest BCUT2D eigenvalue weighted by atomic mass is 79.9. The van der Waals surface area contributed by atoms with Crippen molar-refractivity contribution in [3.8, 4) is 0 Å². The molecular formula is C13H18BrNO2. The molecule has 1 atom stereocenters. The Labute approximate surface area is 110 Å². The maximum atomic E-state index is 11.9. The fourth-order valence-electron chi connectivity index (χ4n) is 1.38. The van der Waals surface area contributed by atoms with E-state index in [0.29, 0.717) is 5.56 Å². The molecule has 1 aromatic rings. The SMILES string of the molecule is Cc1c(Br)cccc1C(=O)NCC(O)C(C)C. The van der Waals surface area contributed by atoms with Crippen LogP contribution < -0.4 is 5.32 Å². The summed E-state index contributed by atoms with van der Waals surface area (Å²) in [6.07, 6.45) is -0.508. The Balaban J connectivity index is 2.68. The summed E-state index contributed by atoms with van der Waals surface area (Å²) < 4.78 is 0.912. The van der Waals surface area contributed by atoms with Crippen LogP contribution in [0, 0.1) is 12.8 Å². The lowest BCUT2D eigenvalue weighted by Gasteiger charge is -2.15. The molecule has 0 heterocycles. The van der Waals surface area contributed by atoms with Gasteiger partial charge in [-0.1, -0.05) is 35.8 Å². The van der Waals surface area contributed by atoms with Gasteiger partial charge in [-0.15, -0.1) is 0 Å². The summed E-state index contributed by atoms with van der Waals surface area (Å²) >= 11 is 3.39. The number of carbonyl (C=O) groups excluding carboxylic acids is 1. The van der Waals surface area contributed by atoms with Crippen LogP contribution in [0.25, 0.3) is 0 Å². The van der Waals surface area contributed by atoms with Crippen LogP contribution >= 0.6 is 15.9 Å². The number of aliphatic hydroxyl groups excluding tert-OH is 1. The smallest absolute Gasteiger partial charge is 0.251 e. The largest absolute Gasteiger partial charge is 0.391 e. The van der Waals surface area contributed by atoms with Crippen molar-refractivity contribution in [1.82, 2.24) is 5.32 Å². The summed E-state index contributed by atoms with van der Waals surface area (Å²) in [7, 11) is 0. The second-order valence-electron chi connectivity index (χ2n) is 4.43. The molecule has 0 saturated heterocycles. The highest BCUT2D eigenvalue weighted by Crippen LogP contribution is 2.19. The van der Waals surface area contributed by atoms with E-state index in [2.05, 4.69) is 21.2 Å². The molecule has 1 rings (SSSR count). The molecular weight excluding hydrogens is 282 g/mol. The third-order valence-corrected chi connectivity index (χ3v) is 3.61. The Kier molecular flexibility index (Phi) is 5.15.